The molecule has 13 nitrogen and oxygen atoms in total. The number of hydrogen-bond donors (Lipinski definition) is 6. The van der Waals surface area contributed by atoms with E-state index in [4.69, 9.17) is 5.73 Å². The van der Waals surface area contributed by atoms with Crippen molar-refractivity contribution in [2.45, 2.75) is 102 Å². The summed E-state index contributed by atoms with van der Waals surface area (Å²) in [5, 5.41) is 13.6. The van der Waals surface area contributed by atoms with Crippen LogP contribution in [0.15, 0.2) is 66.7 Å². The van der Waals surface area contributed by atoms with E-state index in [0.29, 0.717) is 36.0 Å². The summed E-state index contributed by atoms with van der Waals surface area (Å²) in [5.74, 6) is -3.78. The maximum Gasteiger partial charge on any atom is 0.245 e. The number of ketones is 1. The highest BCUT2D eigenvalue weighted by Gasteiger charge is 2.35. The Balaban J connectivity index is 1.59. The minimum absolute atomic E-state index is 0.102. The average Bonchev–Trinajstić information content (AvgIpc) is 3.12. The van der Waals surface area contributed by atoms with Crippen LogP contribution >= 0.6 is 0 Å². The summed E-state index contributed by atoms with van der Waals surface area (Å²) in [6.07, 6.45) is 8.37. The summed E-state index contributed by atoms with van der Waals surface area (Å²) in [6, 6.07) is 12.7. The molecule has 0 bridgehead atoms. The minimum atomic E-state index is -1.49. The highest BCUT2D eigenvalue weighted by molar-refractivity contribution is 6.09. The van der Waals surface area contributed by atoms with Crippen LogP contribution in [0.25, 0.3) is 0 Å². The molecule has 1 fully saturated rings. The molecule has 13 heteroatoms. The van der Waals surface area contributed by atoms with Gasteiger partial charge >= 0.3 is 0 Å². The zero-order valence-electron chi connectivity index (χ0n) is 29.9. The SMILES string of the molecule is CC1(C)NC(=O)/C=C/C(=O)NC(C(N)=O)CCCCNC(=O)[C@@H](Cc2ccc(C(=O)c3ccccc3)cc2)NC(=O)[C@H](CC2CCCCC2)NC1=O. The Morgan fingerprint density at radius 2 is 1.35 bits per heavy atom. The molecule has 1 heterocycles. The van der Waals surface area contributed by atoms with Crippen molar-refractivity contribution in [2.75, 3.05) is 6.54 Å². The van der Waals surface area contributed by atoms with Crippen LogP contribution in [0.4, 0.5) is 0 Å². The second kappa shape index (κ2) is 18.8. The Kier molecular flexibility index (Phi) is 14.2. The van der Waals surface area contributed by atoms with Crippen molar-refractivity contribution in [3.05, 3.63) is 83.4 Å². The molecular weight excluding hydrogens is 664 g/mol. The molecule has 0 saturated heterocycles. The first-order valence-electron chi connectivity index (χ1n) is 18.0. The molecule has 7 N–H and O–H groups in total. The predicted molar refractivity (Wildman–Crippen MR) is 194 cm³/mol. The lowest BCUT2D eigenvalue weighted by Gasteiger charge is -2.31. The average molecular weight is 715 g/mol. The van der Waals surface area contributed by atoms with E-state index >= 15 is 0 Å². The van der Waals surface area contributed by atoms with Gasteiger partial charge in [-0.1, -0.05) is 86.7 Å². The summed E-state index contributed by atoms with van der Waals surface area (Å²) >= 11 is 0. The van der Waals surface area contributed by atoms with Gasteiger partial charge in [-0.25, -0.2) is 0 Å². The monoisotopic (exact) mass is 714 g/mol. The topological polar surface area (TPSA) is 206 Å². The summed E-state index contributed by atoms with van der Waals surface area (Å²) < 4.78 is 0. The number of carbonyl (C=O) groups excluding carboxylic acids is 7. The summed E-state index contributed by atoms with van der Waals surface area (Å²) in [5.41, 5.74) is 5.71. The third-order valence-corrected chi connectivity index (χ3v) is 9.51. The van der Waals surface area contributed by atoms with Crippen LogP contribution in [0.5, 0.6) is 0 Å². The van der Waals surface area contributed by atoms with Gasteiger partial charge in [-0.15, -0.1) is 0 Å². The number of primary amides is 1. The molecule has 1 aliphatic heterocycles. The molecule has 4 rings (SSSR count). The van der Waals surface area contributed by atoms with E-state index in [9.17, 15) is 33.6 Å². The van der Waals surface area contributed by atoms with Crippen molar-refractivity contribution in [3.8, 4) is 0 Å². The van der Waals surface area contributed by atoms with E-state index in [1.54, 1.807) is 48.5 Å². The number of carbonyl (C=O) groups is 7. The third-order valence-electron chi connectivity index (χ3n) is 9.51. The molecule has 0 aromatic heterocycles. The Bertz CT molecular complexity index is 1630. The number of amides is 6. The molecule has 52 heavy (non-hydrogen) atoms. The Morgan fingerprint density at radius 1 is 0.712 bits per heavy atom. The lowest BCUT2D eigenvalue weighted by Crippen LogP contribution is -2.60. The van der Waals surface area contributed by atoms with Crippen LogP contribution in [0, 0.1) is 5.92 Å². The van der Waals surface area contributed by atoms with E-state index < -0.39 is 59.1 Å². The zero-order valence-corrected chi connectivity index (χ0v) is 29.9. The van der Waals surface area contributed by atoms with Gasteiger partial charge in [0.2, 0.25) is 35.4 Å². The number of hydrogen-bond acceptors (Lipinski definition) is 7. The van der Waals surface area contributed by atoms with E-state index in [-0.39, 0.29) is 31.1 Å². The smallest absolute Gasteiger partial charge is 0.245 e. The molecule has 278 valence electrons. The fourth-order valence-electron chi connectivity index (χ4n) is 6.46. The van der Waals surface area contributed by atoms with Crippen molar-refractivity contribution in [1.82, 2.24) is 26.6 Å². The quantitative estimate of drug-likeness (QED) is 0.236. The van der Waals surface area contributed by atoms with Crippen molar-refractivity contribution < 1.29 is 33.6 Å². The summed E-state index contributed by atoms with van der Waals surface area (Å²) in [4.78, 5) is 91.5. The first-order chi connectivity index (χ1) is 24.8. The number of benzene rings is 2. The van der Waals surface area contributed by atoms with Crippen LogP contribution in [0.1, 0.15) is 93.1 Å². The fourth-order valence-corrected chi connectivity index (χ4v) is 6.46. The van der Waals surface area contributed by atoms with Gasteiger partial charge < -0.3 is 32.3 Å². The van der Waals surface area contributed by atoms with E-state index in [0.717, 1.165) is 44.3 Å². The van der Waals surface area contributed by atoms with Crippen LogP contribution in [-0.4, -0.2) is 71.4 Å². The van der Waals surface area contributed by atoms with Crippen molar-refractivity contribution in [2.24, 2.45) is 11.7 Å². The van der Waals surface area contributed by atoms with E-state index in [1.807, 2.05) is 6.07 Å². The lowest BCUT2D eigenvalue weighted by atomic mass is 9.84. The molecule has 2 aliphatic rings. The van der Waals surface area contributed by atoms with Gasteiger partial charge in [-0.05, 0) is 51.0 Å². The van der Waals surface area contributed by atoms with Crippen LogP contribution in [0.2, 0.25) is 0 Å². The number of rotatable bonds is 7. The Labute approximate surface area is 304 Å². The maximum absolute atomic E-state index is 14.0. The normalized spacial score (nSPS) is 23.5. The number of nitrogens with two attached hydrogens (primary N) is 1. The van der Waals surface area contributed by atoms with Gasteiger partial charge in [-0.2, -0.15) is 0 Å². The number of nitrogens with one attached hydrogen (secondary N) is 5. The molecule has 1 saturated carbocycles. The van der Waals surface area contributed by atoms with Gasteiger partial charge in [0.05, 0.1) is 0 Å². The second-order valence-corrected chi connectivity index (χ2v) is 14.1. The zero-order chi connectivity index (χ0) is 37.7. The first kappa shape index (κ1) is 39.5. The third kappa shape index (κ3) is 11.9. The molecule has 2 aromatic rings. The first-order valence-corrected chi connectivity index (χ1v) is 18.0. The fraction of sp³-hybridized carbons (Fsp3) is 0.462. The Morgan fingerprint density at radius 3 is 2.02 bits per heavy atom. The predicted octanol–water partition coefficient (Wildman–Crippen LogP) is 2.12. The highest BCUT2D eigenvalue weighted by atomic mass is 16.2. The molecule has 1 unspecified atom stereocenters. The molecule has 3 atom stereocenters. The van der Waals surface area contributed by atoms with Crippen molar-refractivity contribution in [1.29, 1.82) is 0 Å². The van der Waals surface area contributed by atoms with Gasteiger partial charge in [0.25, 0.3) is 0 Å². The van der Waals surface area contributed by atoms with E-state index in [1.165, 1.54) is 13.8 Å². The Hall–Kier alpha value is -5.33. The largest absolute Gasteiger partial charge is 0.368 e. The second-order valence-electron chi connectivity index (χ2n) is 14.1. The molecule has 0 radical (unpaired) electrons. The van der Waals surface area contributed by atoms with E-state index in [2.05, 4.69) is 26.6 Å². The van der Waals surface area contributed by atoms with Gasteiger partial charge in [0.15, 0.2) is 5.78 Å². The molecular formula is C39H50N6O7. The minimum Gasteiger partial charge on any atom is -0.368 e. The van der Waals surface area contributed by atoms with Gasteiger partial charge in [-0.3, -0.25) is 33.6 Å². The van der Waals surface area contributed by atoms with Crippen molar-refractivity contribution >= 4 is 41.2 Å². The van der Waals surface area contributed by atoms with Crippen LogP contribution in [-0.2, 0) is 35.2 Å². The van der Waals surface area contributed by atoms with Crippen LogP contribution < -0.4 is 32.3 Å². The lowest BCUT2D eigenvalue weighted by molar-refractivity contribution is -0.135. The highest BCUT2D eigenvalue weighted by Crippen LogP contribution is 2.28. The maximum atomic E-state index is 14.0. The molecule has 6 amide bonds. The van der Waals surface area contributed by atoms with Gasteiger partial charge in [0, 0.05) is 36.2 Å². The van der Waals surface area contributed by atoms with Crippen molar-refractivity contribution in [3.63, 3.8) is 0 Å². The standard InChI is InChI=1S/C39H50N6O7/c1-39(2)38(52)44-31(23-25-11-5-3-6-12-25)37(51)43-30(24-26-16-18-28(19-17-26)34(48)27-13-7-4-8-14-27)36(50)41-22-10-9-15-29(35(40)49)42-32(46)20-21-33(47)45-39/h4,7-8,13-14,16-21,25,29-31H,3,5-6,9-12,15,22-24H2,1-2H3,(H2,40,49)(H,41,50)(H,42,46)(H,43,51)(H,44,52)(H,45,47)/b21-20+/t29?,30-,31+/m1/s1. The molecule has 1 aliphatic carbocycles. The molecule has 0 spiro atoms. The van der Waals surface area contributed by atoms with Gasteiger partial charge in [0.1, 0.15) is 23.7 Å². The summed E-state index contributed by atoms with van der Waals surface area (Å²) in [6.45, 7) is 3.16. The summed E-state index contributed by atoms with van der Waals surface area (Å²) in [7, 11) is 0. The molecule has 2 aromatic carbocycles. The van der Waals surface area contributed by atoms with Crippen LogP contribution in [0.3, 0.4) is 0 Å².